The highest BCUT2D eigenvalue weighted by Crippen LogP contribution is 2.41. The van der Waals surface area contributed by atoms with Crippen LogP contribution in [0, 0.1) is 5.82 Å². The van der Waals surface area contributed by atoms with Crippen molar-refractivity contribution < 1.29 is 58.1 Å². The lowest BCUT2D eigenvalue weighted by Crippen LogP contribution is -2.71. The van der Waals surface area contributed by atoms with Crippen LogP contribution in [-0.2, 0) is 24.0 Å². The molecule has 2 fully saturated rings. The molecule has 0 radical (unpaired) electrons. The monoisotopic (exact) mass is 736 g/mol. The first-order valence-electron chi connectivity index (χ1n) is 15.3. The number of rotatable bonds is 13. The number of nitrogens with one attached hydrogen (secondary N) is 2. The van der Waals surface area contributed by atoms with Gasteiger partial charge in [0, 0.05) is 35.1 Å². The second kappa shape index (κ2) is 14.1. The van der Waals surface area contributed by atoms with Crippen molar-refractivity contribution in [2.75, 3.05) is 44.2 Å². The molecule has 1 aromatic carbocycles. The Morgan fingerprint density at radius 2 is 1.90 bits per heavy atom. The molecule has 2 saturated heterocycles. The van der Waals surface area contributed by atoms with Gasteiger partial charge >= 0.3 is 11.9 Å². The van der Waals surface area contributed by atoms with Gasteiger partial charge in [0.2, 0.25) is 5.60 Å². The molecule has 3 amide bonds. The van der Waals surface area contributed by atoms with Gasteiger partial charge in [-0.1, -0.05) is 5.16 Å². The van der Waals surface area contributed by atoms with Gasteiger partial charge in [0.25, 0.3) is 17.7 Å². The first kappa shape index (κ1) is 36.3. The lowest BCUT2D eigenvalue weighted by molar-refractivity contribution is -0.911. The summed E-state index contributed by atoms with van der Waals surface area (Å²) >= 11 is 2.27. The third-order valence-corrected chi connectivity index (χ3v) is 10.6. The number of nitrogen functional groups attached to an aromatic ring is 1. The maximum Gasteiger partial charge on any atom is 0.352 e. The summed E-state index contributed by atoms with van der Waals surface area (Å²) in [5.74, 6) is -7.54. The zero-order valence-corrected chi connectivity index (χ0v) is 28.5. The number of β-lactam (4-membered cyclic amide) rings is 1. The number of thiazole rings is 1. The first-order chi connectivity index (χ1) is 23.5. The molecule has 8 N–H and O–H groups in total. The van der Waals surface area contributed by atoms with E-state index in [0.29, 0.717) is 29.7 Å². The third-order valence-electron chi connectivity index (χ3n) is 8.61. The fraction of sp³-hybridized carbons (Fsp3) is 0.433. The van der Waals surface area contributed by atoms with Crippen LogP contribution in [0.2, 0.25) is 0 Å². The number of amides is 3. The largest absolute Gasteiger partial charge is 0.504 e. The van der Waals surface area contributed by atoms with Gasteiger partial charge in [-0.3, -0.25) is 19.3 Å². The Morgan fingerprint density at radius 1 is 1.20 bits per heavy atom. The Bertz CT molecular complexity index is 1780. The molecule has 268 valence electrons. The lowest BCUT2D eigenvalue weighted by atomic mass is 10.0. The zero-order chi connectivity index (χ0) is 36.5. The number of aliphatic carboxylic acids is 2. The molecule has 0 aliphatic carbocycles. The van der Waals surface area contributed by atoms with Gasteiger partial charge in [-0.25, -0.2) is 19.0 Å². The fourth-order valence-corrected chi connectivity index (χ4v) is 7.79. The number of likely N-dealkylation sites (tertiary alicyclic amines) is 1. The molecule has 0 bridgehead atoms. The van der Waals surface area contributed by atoms with Crippen LogP contribution >= 0.6 is 23.1 Å². The summed E-state index contributed by atoms with van der Waals surface area (Å²) in [6.07, 6.45) is 1.71. The number of nitrogens with zero attached hydrogens (tertiary/aromatic N) is 4. The van der Waals surface area contributed by atoms with Crippen molar-refractivity contribution in [3.05, 3.63) is 45.9 Å². The molecule has 50 heavy (non-hydrogen) atoms. The van der Waals surface area contributed by atoms with Gasteiger partial charge in [0.1, 0.15) is 29.4 Å². The van der Waals surface area contributed by atoms with E-state index in [2.05, 4.69) is 20.8 Å². The number of anilines is 1. The minimum absolute atomic E-state index is 0.0104. The first-order valence-corrected chi connectivity index (χ1v) is 17.2. The number of nitrogens with two attached hydrogens (primary N) is 1. The number of thioether (sulfide) groups is 1. The smallest absolute Gasteiger partial charge is 0.352 e. The van der Waals surface area contributed by atoms with Gasteiger partial charge in [0.15, 0.2) is 28.2 Å². The molecule has 20 heteroatoms. The fourth-order valence-electron chi connectivity index (χ4n) is 5.91. The summed E-state index contributed by atoms with van der Waals surface area (Å²) in [4.78, 5) is 73.8. The van der Waals surface area contributed by atoms with E-state index < -0.39 is 69.7 Å². The zero-order valence-electron chi connectivity index (χ0n) is 26.8. The standard InChI is InChI=1S/C30H34FN7O10S2/c1-30(2,28(46)47)48-36-19(17-13-50-29(32)34-17)24(42)35-20-25(43)37-21(27(44)45)15(12-49-26(20)37)11-38(6-3-4-7-38)8-5-33-23(41)14-9-16(31)22(40)18(39)10-14/h9-10,13,20,26H,3-8,11-12H2,1-2H3,(H7-,32,33,34,35,36,39,40,41,42,44,45,46,47)/p+1/t20-,26-/m1/s1. The molecule has 3 aliphatic heterocycles. The molecule has 2 atom stereocenters. The highest BCUT2D eigenvalue weighted by Gasteiger charge is 2.55. The van der Waals surface area contributed by atoms with Crippen molar-refractivity contribution in [3.63, 3.8) is 0 Å². The van der Waals surface area contributed by atoms with Crippen LogP contribution in [0.5, 0.6) is 11.5 Å². The number of aromatic hydroxyl groups is 2. The van der Waals surface area contributed by atoms with Gasteiger partial charge < -0.3 is 46.1 Å². The second-order valence-corrected chi connectivity index (χ2v) is 14.5. The molecule has 3 aliphatic rings. The van der Waals surface area contributed by atoms with E-state index in [4.69, 9.17) is 10.6 Å². The number of halogens is 1. The molecule has 4 heterocycles. The predicted octanol–water partition coefficient (Wildman–Crippen LogP) is 0.639. The number of carbonyl (C=O) groups excluding carboxylic acids is 3. The number of oxime groups is 1. The van der Waals surface area contributed by atoms with Crippen LogP contribution in [-0.4, -0.2) is 126 Å². The van der Waals surface area contributed by atoms with Crippen molar-refractivity contribution >= 4 is 63.6 Å². The number of carboxylic acid groups (broad SMARTS) is 2. The average Bonchev–Trinajstić information content (AvgIpc) is 3.70. The molecule has 17 nitrogen and oxygen atoms in total. The quantitative estimate of drug-likeness (QED) is 0.0491. The summed E-state index contributed by atoms with van der Waals surface area (Å²) in [7, 11) is 0. The molecule has 0 unspecified atom stereocenters. The van der Waals surface area contributed by atoms with E-state index >= 15 is 0 Å². The summed E-state index contributed by atoms with van der Waals surface area (Å²) in [6, 6.07) is 0.621. The number of phenolic OH excluding ortho intramolecular Hbond substituents is 2. The number of phenols is 2. The normalized spacial score (nSPS) is 20.2. The number of hydrogen-bond acceptors (Lipinski definition) is 13. The number of carboxylic acids is 2. The Balaban J connectivity index is 1.29. The Kier molecular flexibility index (Phi) is 10.3. The minimum Gasteiger partial charge on any atom is -0.504 e. The van der Waals surface area contributed by atoms with Crippen molar-refractivity contribution in [2.24, 2.45) is 5.16 Å². The molecule has 0 spiro atoms. The molecule has 2 aromatic rings. The number of aromatic nitrogens is 1. The van der Waals surface area contributed by atoms with E-state index in [1.54, 1.807) is 0 Å². The Labute approximate surface area is 292 Å². The number of benzene rings is 1. The number of hydrogen-bond donors (Lipinski definition) is 7. The average molecular weight is 737 g/mol. The molecule has 5 rings (SSSR count). The Hall–Kier alpha value is -4.95. The number of quaternary nitrogens is 1. The van der Waals surface area contributed by atoms with Crippen molar-refractivity contribution in [3.8, 4) is 11.5 Å². The maximum atomic E-state index is 13.8. The molecule has 0 saturated carbocycles. The van der Waals surface area contributed by atoms with Crippen molar-refractivity contribution in [1.82, 2.24) is 20.5 Å². The highest BCUT2D eigenvalue weighted by molar-refractivity contribution is 8.00. The van der Waals surface area contributed by atoms with E-state index in [1.807, 2.05) is 0 Å². The topological polar surface area (TPSA) is 254 Å². The van der Waals surface area contributed by atoms with Crippen LogP contribution in [0.1, 0.15) is 42.7 Å². The summed E-state index contributed by atoms with van der Waals surface area (Å²) in [6.45, 7) is 4.66. The van der Waals surface area contributed by atoms with Crippen LogP contribution < -0.4 is 16.4 Å². The van der Waals surface area contributed by atoms with Crippen molar-refractivity contribution in [1.29, 1.82) is 0 Å². The van der Waals surface area contributed by atoms with Crippen LogP contribution in [0.4, 0.5) is 9.52 Å². The van der Waals surface area contributed by atoms with Crippen LogP contribution in [0.15, 0.2) is 33.9 Å². The van der Waals surface area contributed by atoms with E-state index in [-0.39, 0.29) is 40.9 Å². The summed E-state index contributed by atoms with van der Waals surface area (Å²) < 4.78 is 14.3. The minimum atomic E-state index is -1.80. The number of carbonyl (C=O) groups is 5. The molecule has 1 aromatic heterocycles. The SMILES string of the molecule is CC(C)(O/N=C(\C(=O)N[C@@H]1C(=O)N2C(C(=O)O)=C(C[N+]3(CCNC(=O)c4cc(O)c(O)c(F)c4)CCCC3)CS[C@H]12)c1csc(N)n1)C(=O)O. The Morgan fingerprint density at radius 3 is 2.50 bits per heavy atom. The van der Waals surface area contributed by atoms with Crippen molar-refractivity contribution in [2.45, 2.75) is 43.7 Å². The van der Waals surface area contributed by atoms with Gasteiger partial charge in [-0.2, -0.15) is 0 Å². The number of fused-ring (bicyclic) bond motifs is 1. The highest BCUT2D eigenvalue weighted by atomic mass is 32.2. The van der Waals surface area contributed by atoms with Crippen LogP contribution in [0.25, 0.3) is 0 Å². The van der Waals surface area contributed by atoms with Gasteiger partial charge in [0.05, 0.1) is 26.2 Å². The van der Waals surface area contributed by atoms with Gasteiger partial charge in [-0.15, -0.1) is 23.1 Å². The van der Waals surface area contributed by atoms with E-state index in [1.165, 1.54) is 31.0 Å². The second-order valence-electron chi connectivity index (χ2n) is 12.5. The van der Waals surface area contributed by atoms with Crippen LogP contribution in [0.3, 0.4) is 0 Å². The van der Waals surface area contributed by atoms with E-state index in [9.17, 15) is 48.8 Å². The predicted molar refractivity (Wildman–Crippen MR) is 177 cm³/mol. The third kappa shape index (κ3) is 7.31. The van der Waals surface area contributed by atoms with E-state index in [0.717, 1.165) is 41.2 Å². The molecular formula is C30H35FN7O10S2+. The summed E-state index contributed by atoms with van der Waals surface area (Å²) in [5.41, 5.74) is 3.63. The summed E-state index contributed by atoms with van der Waals surface area (Å²) in [5, 5.41) is 48.5. The van der Waals surface area contributed by atoms with Gasteiger partial charge in [-0.05, 0) is 26.0 Å². The molecular weight excluding hydrogens is 702 g/mol. The lowest BCUT2D eigenvalue weighted by Gasteiger charge is -2.50. The maximum absolute atomic E-state index is 13.8.